The molecule has 9 heteroatoms. The molecule has 1 amide bonds. The summed E-state index contributed by atoms with van der Waals surface area (Å²) in [6, 6.07) is 7.18. The molecular formula is C15H20N4O4S. The van der Waals surface area contributed by atoms with E-state index >= 15 is 0 Å². The number of hydrogen-bond donors (Lipinski definition) is 2. The number of hydrogen-bond acceptors (Lipinski definition) is 5. The number of aromatic amines is 1. The van der Waals surface area contributed by atoms with E-state index in [0.29, 0.717) is 16.7 Å². The first-order chi connectivity index (χ1) is 11.3. The number of nitrogens with one attached hydrogen (secondary N) is 2. The van der Waals surface area contributed by atoms with Crippen LogP contribution in [0.5, 0.6) is 0 Å². The van der Waals surface area contributed by atoms with E-state index in [1.807, 2.05) is 6.07 Å². The summed E-state index contributed by atoms with van der Waals surface area (Å²) in [5, 5.41) is 2.63. The average molecular weight is 352 g/mol. The molecule has 2 rings (SSSR count). The summed E-state index contributed by atoms with van der Waals surface area (Å²) >= 11 is 0. The van der Waals surface area contributed by atoms with E-state index in [1.165, 1.54) is 7.05 Å². The molecule has 130 valence electrons. The molecule has 0 aliphatic rings. The summed E-state index contributed by atoms with van der Waals surface area (Å²) < 4.78 is 23.6. The van der Waals surface area contributed by atoms with Gasteiger partial charge in [0.25, 0.3) is 5.56 Å². The van der Waals surface area contributed by atoms with Crippen molar-refractivity contribution < 1.29 is 13.2 Å². The lowest BCUT2D eigenvalue weighted by Crippen LogP contribution is -2.35. The Hall–Kier alpha value is -2.26. The van der Waals surface area contributed by atoms with Crippen molar-refractivity contribution in [1.29, 1.82) is 0 Å². The van der Waals surface area contributed by atoms with Crippen LogP contribution in [0.2, 0.25) is 0 Å². The standard InChI is InChI=1S/C15H20N4O4S/c1-19(24(2,22)23)10-9-16-14(20)8-7-13-15(21)18-12-6-4-3-5-11(12)17-13/h3-6H,7-10H2,1-2H3,(H,16,20)(H,18,21). The lowest BCUT2D eigenvalue weighted by atomic mass is 10.2. The number of nitrogens with zero attached hydrogens (tertiary/aromatic N) is 2. The number of sulfonamides is 1. The van der Waals surface area contributed by atoms with Gasteiger partial charge in [-0.3, -0.25) is 9.59 Å². The van der Waals surface area contributed by atoms with Crippen LogP contribution in [-0.2, 0) is 21.2 Å². The predicted octanol–water partition coefficient (Wildman–Crippen LogP) is -0.137. The molecule has 1 aromatic heterocycles. The van der Waals surface area contributed by atoms with Crippen LogP contribution in [0.25, 0.3) is 11.0 Å². The molecule has 0 bridgehead atoms. The number of carbonyl (C=O) groups excluding carboxylic acids is 1. The number of para-hydroxylation sites is 2. The van der Waals surface area contributed by atoms with Crippen LogP contribution in [0.4, 0.5) is 0 Å². The highest BCUT2D eigenvalue weighted by atomic mass is 32.2. The van der Waals surface area contributed by atoms with Crippen molar-refractivity contribution in [1.82, 2.24) is 19.6 Å². The third-order valence-electron chi connectivity index (χ3n) is 3.57. The molecule has 2 aromatic rings. The molecule has 0 aliphatic carbocycles. The number of aromatic nitrogens is 2. The van der Waals surface area contributed by atoms with Crippen LogP contribution in [0.1, 0.15) is 12.1 Å². The molecule has 24 heavy (non-hydrogen) atoms. The summed E-state index contributed by atoms with van der Waals surface area (Å²) in [5.74, 6) is -0.258. The monoisotopic (exact) mass is 352 g/mol. The zero-order chi connectivity index (χ0) is 17.7. The third-order valence-corrected chi connectivity index (χ3v) is 4.89. The molecular weight excluding hydrogens is 332 g/mol. The maximum absolute atomic E-state index is 11.9. The summed E-state index contributed by atoms with van der Waals surface area (Å²) in [7, 11) is -1.81. The second-order valence-corrected chi connectivity index (χ2v) is 7.55. The van der Waals surface area contributed by atoms with E-state index in [0.717, 1.165) is 10.6 Å². The Morgan fingerprint density at radius 1 is 1.33 bits per heavy atom. The van der Waals surface area contributed by atoms with E-state index in [4.69, 9.17) is 0 Å². The highest BCUT2D eigenvalue weighted by Gasteiger charge is 2.11. The predicted molar refractivity (Wildman–Crippen MR) is 91.2 cm³/mol. The Kier molecular flexibility index (Phi) is 5.68. The van der Waals surface area contributed by atoms with Crippen molar-refractivity contribution in [3.63, 3.8) is 0 Å². The van der Waals surface area contributed by atoms with Gasteiger partial charge >= 0.3 is 0 Å². The van der Waals surface area contributed by atoms with E-state index in [9.17, 15) is 18.0 Å². The molecule has 2 N–H and O–H groups in total. The van der Waals surface area contributed by atoms with Crippen LogP contribution in [0.15, 0.2) is 29.1 Å². The molecule has 1 heterocycles. The second kappa shape index (κ2) is 7.54. The minimum atomic E-state index is -3.26. The van der Waals surface area contributed by atoms with Gasteiger partial charge < -0.3 is 10.3 Å². The number of fused-ring (bicyclic) bond motifs is 1. The maximum atomic E-state index is 11.9. The highest BCUT2D eigenvalue weighted by molar-refractivity contribution is 7.88. The number of H-pyrrole nitrogens is 1. The molecule has 0 saturated heterocycles. The number of amides is 1. The minimum absolute atomic E-state index is 0.108. The van der Waals surface area contributed by atoms with Crippen LogP contribution in [-0.4, -0.2) is 55.0 Å². The largest absolute Gasteiger partial charge is 0.355 e. The van der Waals surface area contributed by atoms with Gasteiger partial charge in [-0.1, -0.05) is 12.1 Å². The van der Waals surface area contributed by atoms with Gasteiger partial charge in [-0.15, -0.1) is 0 Å². The molecule has 0 saturated carbocycles. The summed E-state index contributed by atoms with van der Waals surface area (Å²) in [5.41, 5.74) is 1.32. The fraction of sp³-hybridized carbons (Fsp3) is 0.400. The van der Waals surface area contributed by atoms with E-state index in [-0.39, 0.29) is 37.4 Å². The highest BCUT2D eigenvalue weighted by Crippen LogP contribution is 2.06. The Labute approximate surface area is 140 Å². The van der Waals surface area contributed by atoms with E-state index < -0.39 is 10.0 Å². The topological polar surface area (TPSA) is 112 Å². The molecule has 0 aliphatic heterocycles. The maximum Gasteiger partial charge on any atom is 0.270 e. The fourth-order valence-electron chi connectivity index (χ4n) is 2.08. The first kappa shape index (κ1) is 18.1. The minimum Gasteiger partial charge on any atom is -0.355 e. The SMILES string of the molecule is CN(CCNC(=O)CCc1nc2ccccc2[nH]c1=O)S(C)(=O)=O. The van der Waals surface area contributed by atoms with Gasteiger partial charge in [-0.2, -0.15) is 0 Å². The van der Waals surface area contributed by atoms with Crippen LogP contribution in [0, 0.1) is 0 Å². The summed E-state index contributed by atoms with van der Waals surface area (Å²) in [6.45, 7) is 0.406. The Bertz CT molecular complexity index is 892. The van der Waals surface area contributed by atoms with Crippen LogP contribution in [0.3, 0.4) is 0 Å². The quantitative estimate of drug-likeness (QED) is 0.720. The number of aryl methyl sites for hydroxylation is 1. The van der Waals surface area contributed by atoms with Gasteiger partial charge in [-0.05, 0) is 12.1 Å². The molecule has 1 aromatic carbocycles. The lowest BCUT2D eigenvalue weighted by molar-refractivity contribution is -0.121. The molecule has 8 nitrogen and oxygen atoms in total. The molecule has 0 unspecified atom stereocenters. The average Bonchev–Trinajstić information content (AvgIpc) is 2.51. The molecule has 0 atom stereocenters. The first-order valence-electron chi connectivity index (χ1n) is 7.43. The smallest absolute Gasteiger partial charge is 0.270 e. The first-order valence-corrected chi connectivity index (χ1v) is 9.28. The van der Waals surface area contributed by atoms with Gasteiger partial charge in [0, 0.05) is 33.0 Å². The van der Waals surface area contributed by atoms with Crippen molar-refractivity contribution in [2.24, 2.45) is 0 Å². The van der Waals surface area contributed by atoms with Gasteiger partial charge in [-0.25, -0.2) is 17.7 Å². The number of benzene rings is 1. The molecule has 0 spiro atoms. The van der Waals surface area contributed by atoms with E-state index in [2.05, 4.69) is 15.3 Å². The van der Waals surface area contributed by atoms with Crippen molar-refractivity contribution in [3.05, 3.63) is 40.3 Å². The Morgan fingerprint density at radius 2 is 2.04 bits per heavy atom. The Morgan fingerprint density at radius 3 is 2.75 bits per heavy atom. The van der Waals surface area contributed by atoms with Gasteiger partial charge in [0.05, 0.1) is 17.3 Å². The van der Waals surface area contributed by atoms with Gasteiger partial charge in [0.15, 0.2) is 0 Å². The van der Waals surface area contributed by atoms with Gasteiger partial charge in [0.2, 0.25) is 15.9 Å². The van der Waals surface area contributed by atoms with E-state index in [1.54, 1.807) is 18.2 Å². The van der Waals surface area contributed by atoms with Crippen molar-refractivity contribution in [2.45, 2.75) is 12.8 Å². The van der Waals surface area contributed by atoms with Crippen molar-refractivity contribution in [2.75, 3.05) is 26.4 Å². The number of carbonyl (C=O) groups is 1. The summed E-state index contributed by atoms with van der Waals surface area (Å²) in [4.78, 5) is 30.7. The normalized spacial score (nSPS) is 11.8. The third kappa shape index (κ3) is 4.87. The molecule has 0 fully saturated rings. The van der Waals surface area contributed by atoms with Crippen molar-refractivity contribution in [3.8, 4) is 0 Å². The van der Waals surface area contributed by atoms with Crippen LogP contribution < -0.4 is 10.9 Å². The Balaban J connectivity index is 1.88. The fourth-order valence-corrected chi connectivity index (χ4v) is 2.50. The van der Waals surface area contributed by atoms with Crippen LogP contribution >= 0.6 is 0 Å². The van der Waals surface area contributed by atoms with Gasteiger partial charge in [0.1, 0.15) is 5.69 Å². The molecule has 0 radical (unpaired) electrons. The second-order valence-electron chi connectivity index (χ2n) is 5.46. The number of likely N-dealkylation sites (N-methyl/N-ethyl adjacent to an activating group) is 1. The van der Waals surface area contributed by atoms with Crippen molar-refractivity contribution >= 4 is 27.0 Å². The number of rotatable bonds is 7. The zero-order valence-corrected chi connectivity index (χ0v) is 14.4. The summed E-state index contributed by atoms with van der Waals surface area (Å²) in [6.07, 6.45) is 1.43. The zero-order valence-electron chi connectivity index (χ0n) is 13.6. The lowest BCUT2D eigenvalue weighted by Gasteiger charge is -2.14.